The molecule has 0 aliphatic carbocycles. The fourth-order valence-electron chi connectivity index (χ4n) is 2.30. The molecule has 0 bridgehead atoms. The Labute approximate surface area is 144 Å². The van der Waals surface area contributed by atoms with Crippen LogP contribution in [0.4, 0.5) is 8.78 Å². The van der Waals surface area contributed by atoms with Crippen LogP contribution < -0.4 is 22.9 Å². The van der Waals surface area contributed by atoms with Gasteiger partial charge in [0.15, 0.2) is 0 Å². The topological polar surface area (TPSA) is 172 Å². The van der Waals surface area contributed by atoms with Gasteiger partial charge in [0, 0.05) is 0 Å². The average molecular weight is 362 g/mol. The number of halogens is 2. The molecule has 2 aromatic carbocycles. The van der Waals surface area contributed by atoms with Crippen molar-refractivity contribution in [1.29, 1.82) is 0 Å². The minimum absolute atomic E-state index is 0.0426. The number of nitrogens with two attached hydrogens (primary N) is 4. The smallest absolute Gasteiger partial charge is 0.251 e. The molecule has 2 rings (SSSR count). The first-order chi connectivity index (χ1) is 12.0. The van der Waals surface area contributed by atoms with Crippen LogP contribution in [0.1, 0.15) is 41.4 Å². The molecule has 0 unspecified atom stereocenters. The number of hydrogen-bond acceptors (Lipinski definition) is 4. The van der Waals surface area contributed by atoms with E-state index in [1.165, 1.54) is 0 Å². The molecule has 0 atom stereocenters. The van der Waals surface area contributed by atoms with Crippen LogP contribution in [0.5, 0.6) is 0 Å². The Morgan fingerprint density at radius 2 is 0.731 bits per heavy atom. The zero-order valence-electron chi connectivity index (χ0n) is 13.0. The number of rotatable bonds is 5. The molecule has 2 aromatic rings. The number of primary amides is 4. The third-order valence-corrected chi connectivity index (χ3v) is 3.54. The summed E-state index contributed by atoms with van der Waals surface area (Å²) in [6.45, 7) is 0. The maximum Gasteiger partial charge on any atom is 0.251 e. The van der Waals surface area contributed by atoms with Gasteiger partial charge in [-0.05, 0) is 35.4 Å². The Morgan fingerprint density at radius 3 is 0.885 bits per heavy atom. The minimum atomic E-state index is -1.24. The van der Waals surface area contributed by atoms with E-state index >= 15 is 0 Å². The highest BCUT2D eigenvalue weighted by molar-refractivity contribution is 6.03. The molecule has 0 spiro atoms. The molecular weight excluding hydrogens is 350 g/mol. The first kappa shape index (κ1) is 18.5. The van der Waals surface area contributed by atoms with Gasteiger partial charge in [-0.25, -0.2) is 8.78 Å². The normalized spacial score (nSPS) is 10.4. The second kappa shape index (κ2) is 6.59. The van der Waals surface area contributed by atoms with Gasteiger partial charge in [0.25, 0.3) is 23.6 Å². The van der Waals surface area contributed by atoms with Crippen molar-refractivity contribution in [2.24, 2.45) is 22.9 Å². The summed E-state index contributed by atoms with van der Waals surface area (Å²) >= 11 is 0. The zero-order chi connectivity index (χ0) is 19.8. The third kappa shape index (κ3) is 3.20. The summed E-state index contributed by atoms with van der Waals surface area (Å²) in [4.78, 5) is 45.6. The first-order valence-electron chi connectivity index (χ1n) is 6.91. The zero-order valence-corrected chi connectivity index (χ0v) is 13.0. The van der Waals surface area contributed by atoms with E-state index < -0.39 is 57.5 Å². The quantitative estimate of drug-likeness (QED) is 0.588. The maximum absolute atomic E-state index is 14.1. The molecule has 0 saturated heterocycles. The van der Waals surface area contributed by atoms with E-state index in [1.54, 1.807) is 0 Å². The first-order valence-corrected chi connectivity index (χ1v) is 6.91. The lowest BCUT2D eigenvalue weighted by Crippen LogP contribution is -2.20. The highest BCUT2D eigenvalue weighted by Gasteiger charge is 2.22. The van der Waals surface area contributed by atoms with E-state index in [0.717, 1.165) is 24.3 Å². The fourth-order valence-corrected chi connectivity index (χ4v) is 2.30. The SMILES string of the molecule is NC(=O)c1cc(-c2cc(C(N)=O)c(F)c(C(N)=O)c2)cc(C(N)=O)c1F. The molecule has 134 valence electrons. The summed E-state index contributed by atoms with van der Waals surface area (Å²) in [6.07, 6.45) is 0. The molecule has 8 N–H and O–H groups in total. The van der Waals surface area contributed by atoms with Crippen molar-refractivity contribution >= 4 is 23.6 Å². The predicted molar refractivity (Wildman–Crippen MR) is 85.9 cm³/mol. The number of carbonyl (C=O) groups excluding carboxylic acids is 4. The van der Waals surface area contributed by atoms with Crippen LogP contribution in [0, 0.1) is 11.6 Å². The molecule has 10 heteroatoms. The standard InChI is InChI=1S/C16H12F2N4O4/c17-11-7(13(19)23)1-5(2-8(11)14(20)24)6-3-9(15(21)25)12(18)10(4-6)16(22)26/h1-4H,(H2,19,23)(H2,20,24)(H2,21,25)(H2,22,26). The van der Waals surface area contributed by atoms with Crippen LogP contribution in [-0.2, 0) is 0 Å². The Balaban J connectivity index is 2.87. The van der Waals surface area contributed by atoms with Crippen molar-refractivity contribution in [2.75, 3.05) is 0 Å². The largest absolute Gasteiger partial charge is 0.366 e. The van der Waals surface area contributed by atoms with Gasteiger partial charge < -0.3 is 22.9 Å². The molecule has 0 fully saturated rings. The second-order valence-electron chi connectivity index (χ2n) is 5.23. The van der Waals surface area contributed by atoms with Crippen LogP contribution in [0.15, 0.2) is 24.3 Å². The Bertz CT molecular complexity index is 839. The Morgan fingerprint density at radius 1 is 0.538 bits per heavy atom. The van der Waals surface area contributed by atoms with Crippen LogP contribution in [0.25, 0.3) is 11.1 Å². The molecule has 0 aliphatic rings. The van der Waals surface area contributed by atoms with Gasteiger partial charge in [0.2, 0.25) is 0 Å². The number of benzene rings is 2. The van der Waals surface area contributed by atoms with E-state index in [4.69, 9.17) is 22.9 Å². The van der Waals surface area contributed by atoms with E-state index in [0.29, 0.717) is 0 Å². The molecule has 4 amide bonds. The fraction of sp³-hybridized carbons (Fsp3) is 0. The Kier molecular flexibility index (Phi) is 4.69. The summed E-state index contributed by atoms with van der Waals surface area (Å²) in [6, 6.07) is 3.81. The van der Waals surface area contributed by atoms with E-state index in [9.17, 15) is 28.0 Å². The van der Waals surface area contributed by atoms with Gasteiger partial charge in [-0.15, -0.1) is 0 Å². The van der Waals surface area contributed by atoms with Crippen molar-refractivity contribution < 1.29 is 28.0 Å². The summed E-state index contributed by atoms with van der Waals surface area (Å²) in [5.41, 5.74) is 17.5. The highest BCUT2D eigenvalue weighted by Crippen LogP contribution is 2.28. The summed E-state index contributed by atoms with van der Waals surface area (Å²) in [5, 5.41) is 0. The maximum atomic E-state index is 14.1. The molecule has 0 radical (unpaired) electrons. The van der Waals surface area contributed by atoms with Crippen LogP contribution >= 0.6 is 0 Å². The van der Waals surface area contributed by atoms with Crippen molar-refractivity contribution in [3.05, 3.63) is 58.2 Å². The third-order valence-electron chi connectivity index (χ3n) is 3.54. The summed E-state index contributed by atoms with van der Waals surface area (Å²) in [5.74, 6) is -7.25. The summed E-state index contributed by atoms with van der Waals surface area (Å²) in [7, 11) is 0. The number of carbonyl (C=O) groups is 4. The van der Waals surface area contributed by atoms with Gasteiger partial charge in [0.1, 0.15) is 11.6 Å². The van der Waals surface area contributed by atoms with Crippen molar-refractivity contribution in [3.8, 4) is 11.1 Å². The van der Waals surface area contributed by atoms with Crippen LogP contribution in [0.3, 0.4) is 0 Å². The van der Waals surface area contributed by atoms with Crippen LogP contribution in [0.2, 0.25) is 0 Å². The monoisotopic (exact) mass is 362 g/mol. The molecule has 0 saturated carbocycles. The van der Waals surface area contributed by atoms with Crippen molar-refractivity contribution in [3.63, 3.8) is 0 Å². The van der Waals surface area contributed by atoms with Gasteiger partial charge in [-0.1, -0.05) is 0 Å². The molecule has 0 aromatic heterocycles. The predicted octanol–water partition coefficient (Wildman–Crippen LogP) is 0.0274. The van der Waals surface area contributed by atoms with E-state index in [-0.39, 0.29) is 11.1 Å². The molecule has 8 nitrogen and oxygen atoms in total. The molecule has 0 aliphatic heterocycles. The number of hydrogen-bond donors (Lipinski definition) is 4. The van der Waals surface area contributed by atoms with E-state index in [2.05, 4.69) is 0 Å². The van der Waals surface area contributed by atoms with Gasteiger partial charge >= 0.3 is 0 Å². The lowest BCUT2D eigenvalue weighted by atomic mass is 9.94. The second-order valence-corrected chi connectivity index (χ2v) is 5.23. The van der Waals surface area contributed by atoms with Crippen LogP contribution in [-0.4, -0.2) is 23.6 Å². The lowest BCUT2D eigenvalue weighted by molar-refractivity contribution is 0.0976. The minimum Gasteiger partial charge on any atom is -0.366 e. The molecule has 26 heavy (non-hydrogen) atoms. The highest BCUT2D eigenvalue weighted by atomic mass is 19.1. The van der Waals surface area contributed by atoms with Crippen molar-refractivity contribution in [2.45, 2.75) is 0 Å². The van der Waals surface area contributed by atoms with E-state index in [1.807, 2.05) is 0 Å². The lowest BCUT2D eigenvalue weighted by Gasteiger charge is -2.11. The molecular formula is C16H12F2N4O4. The van der Waals surface area contributed by atoms with Gasteiger partial charge in [-0.2, -0.15) is 0 Å². The average Bonchev–Trinajstić information content (AvgIpc) is 2.54. The summed E-state index contributed by atoms with van der Waals surface area (Å²) < 4.78 is 28.3. The van der Waals surface area contributed by atoms with Gasteiger partial charge in [0.05, 0.1) is 22.3 Å². The van der Waals surface area contributed by atoms with Crippen molar-refractivity contribution in [1.82, 2.24) is 0 Å². The van der Waals surface area contributed by atoms with Gasteiger partial charge in [-0.3, -0.25) is 19.2 Å². The molecule has 0 heterocycles. The number of amides is 4. The Hall–Kier alpha value is -3.82.